The van der Waals surface area contributed by atoms with Crippen LogP contribution in [0.1, 0.15) is 26.5 Å². The van der Waals surface area contributed by atoms with Crippen LogP contribution in [0.15, 0.2) is 30.3 Å². The number of carbonyl (C=O) groups excluding carboxylic acids is 1. The number of hydrogen-bond donors (Lipinski definition) is 2. The Morgan fingerprint density at radius 2 is 2.05 bits per heavy atom. The number of nitrogens with one attached hydrogen (secondary N) is 1. The highest BCUT2D eigenvalue weighted by molar-refractivity contribution is 6.04. The standard InChI is InChI=1S/C13H13N3O3/c1-8-4-3-5-9(6-8)14-12(17)10-7-11(13(18)19)16(2)15-10/h3-7H,1-2H3,(H,14,17)(H,18,19). The van der Waals surface area contributed by atoms with Crippen molar-refractivity contribution in [3.8, 4) is 0 Å². The number of hydrogen-bond acceptors (Lipinski definition) is 3. The van der Waals surface area contributed by atoms with Crippen molar-refractivity contribution in [2.75, 3.05) is 5.32 Å². The van der Waals surface area contributed by atoms with E-state index in [0.29, 0.717) is 5.69 Å². The van der Waals surface area contributed by atoms with Gasteiger partial charge in [0, 0.05) is 18.8 Å². The van der Waals surface area contributed by atoms with Crippen LogP contribution in [0.2, 0.25) is 0 Å². The molecule has 1 aromatic carbocycles. The number of rotatable bonds is 3. The molecular weight excluding hydrogens is 246 g/mol. The van der Waals surface area contributed by atoms with Crippen molar-refractivity contribution in [2.24, 2.45) is 7.05 Å². The van der Waals surface area contributed by atoms with Crippen molar-refractivity contribution in [2.45, 2.75) is 6.92 Å². The minimum absolute atomic E-state index is 0.0330. The molecule has 2 rings (SSSR count). The maximum atomic E-state index is 11.9. The first-order valence-corrected chi connectivity index (χ1v) is 5.62. The molecule has 6 nitrogen and oxygen atoms in total. The van der Waals surface area contributed by atoms with Crippen LogP contribution < -0.4 is 5.32 Å². The number of carbonyl (C=O) groups is 2. The van der Waals surface area contributed by atoms with Gasteiger partial charge in [-0.1, -0.05) is 12.1 Å². The van der Waals surface area contributed by atoms with E-state index in [1.807, 2.05) is 25.1 Å². The molecule has 2 aromatic rings. The molecule has 1 aromatic heterocycles. The molecule has 0 unspecified atom stereocenters. The summed E-state index contributed by atoms with van der Waals surface area (Å²) < 4.78 is 1.16. The number of amides is 1. The van der Waals surface area contributed by atoms with Gasteiger partial charge in [0.15, 0.2) is 5.69 Å². The summed E-state index contributed by atoms with van der Waals surface area (Å²) in [4.78, 5) is 22.8. The van der Waals surface area contributed by atoms with Crippen molar-refractivity contribution >= 4 is 17.6 Å². The fourth-order valence-corrected chi connectivity index (χ4v) is 1.70. The Balaban J connectivity index is 2.21. The van der Waals surface area contributed by atoms with Gasteiger partial charge in [-0.3, -0.25) is 9.48 Å². The van der Waals surface area contributed by atoms with Gasteiger partial charge in [-0.25, -0.2) is 4.79 Å². The third kappa shape index (κ3) is 2.79. The molecule has 2 N–H and O–H groups in total. The Labute approximate surface area is 109 Å². The summed E-state index contributed by atoms with van der Waals surface area (Å²) in [5.41, 5.74) is 1.70. The largest absolute Gasteiger partial charge is 0.477 e. The lowest BCUT2D eigenvalue weighted by atomic mass is 10.2. The first-order chi connectivity index (χ1) is 8.97. The summed E-state index contributed by atoms with van der Waals surface area (Å²) >= 11 is 0. The molecule has 0 fully saturated rings. The van der Waals surface area contributed by atoms with E-state index in [1.54, 1.807) is 6.07 Å². The van der Waals surface area contributed by atoms with Crippen molar-refractivity contribution < 1.29 is 14.7 Å². The van der Waals surface area contributed by atoms with E-state index in [0.717, 1.165) is 10.2 Å². The number of carboxylic acid groups (broad SMARTS) is 1. The molecule has 0 aliphatic rings. The van der Waals surface area contributed by atoms with Gasteiger partial charge in [-0.15, -0.1) is 0 Å². The van der Waals surface area contributed by atoms with Crippen LogP contribution in [-0.2, 0) is 7.05 Å². The molecule has 0 saturated carbocycles. The summed E-state index contributed by atoms with van der Waals surface area (Å²) in [6.07, 6.45) is 0. The average Bonchev–Trinajstić information content (AvgIpc) is 2.71. The number of benzene rings is 1. The van der Waals surface area contributed by atoms with E-state index in [4.69, 9.17) is 5.11 Å². The van der Waals surface area contributed by atoms with Crippen LogP contribution in [0, 0.1) is 6.92 Å². The first-order valence-electron chi connectivity index (χ1n) is 5.62. The molecule has 0 saturated heterocycles. The maximum Gasteiger partial charge on any atom is 0.354 e. The molecule has 0 radical (unpaired) electrons. The lowest BCUT2D eigenvalue weighted by Crippen LogP contribution is -2.13. The molecule has 6 heteroatoms. The number of aromatic carboxylic acids is 1. The molecule has 0 bridgehead atoms. The van der Waals surface area contributed by atoms with Crippen LogP contribution >= 0.6 is 0 Å². The van der Waals surface area contributed by atoms with E-state index < -0.39 is 11.9 Å². The van der Waals surface area contributed by atoms with Crippen molar-refractivity contribution in [3.63, 3.8) is 0 Å². The summed E-state index contributed by atoms with van der Waals surface area (Å²) in [7, 11) is 1.48. The second-order valence-corrected chi connectivity index (χ2v) is 4.17. The predicted octanol–water partition coefficient (Wildman–Crippen LogP) is 1.68. The highest BCUT2D eigenvalue weighted by atomic mass is 16.4. The Morgan fingerprint density at radius 3 is 2.63 bits per heavy atom. The van der Waals surface area contributed by atoms with Gasteiger partial charge in [-0.2, -0.15) is 5.10 Å². The molecule has 0 atom stereocenters. The van der Waals surface area contributed by atoms with Crippen molar-refractivity contribution in [1.29, 1.82) is 0 Å². The zero-order chi connectivity index (χ0) is 14.0. The third-order valence-corrected chi connectivity index (χ3v) is 2.61. The van der Waals surface area contributed by atoms with E-state index in [1.165, 1.54) is 13.1 Å². The maximum absolute atomic E-state index is 11.9. The van der Waals surface area contributed by atoms with Crippen LogP contribution in [0.25, 0.3) is 0 Å². The topological polar surface area (TPSA) is 84.2 Å². The molecule has 0 aliphatic heterocycles. The second-order valence-electron chi connectivity index (χ2n) is 4.17. The van der Waals surface area contributed by atoms with Gasteiger partial charge in [-0.05, 0) is 24.6 Å². The van der Waals surface area contributed by atoms with E-state index in [2.05, 4.69) is 10.4 Å². The number of nitrogens with zero attached hydrogens (tertiary/aromatic N) is 2. The summed E-state index contributed by atoms with van der Waals surface area (Å²) in [6, 6.07) is 8.56. The molecule has 19 heavy (non-hydrogen) atoms. The van der Waals surface area contributed by atoms with Crippen molar-refractivity contribution in [1.82, 2.24) is 9.78 Å². The second kappa shape index (κ2) is 4.93. The predicted molar refractivity (Wildman–Crippen MR) is 69.3 cm³/mol. The smallest absolute Gasteiger partial charge is 0.354 e. The summed E-state index contributed by atoms with van der Waals surface area (Å²) in [5.74, 6) is -1.56. The highest BCUT2D eigenvalue weighted by Gasteiger charge is 2.16. The monoisotopic (exact) mass is 259 g/mol. The van der Waals surface area contributed by atoms with Gasteiger partial charge in [0.2, 0.25) is 0 Å². The third-order valence-electron chi connectivity index (χ3n) is 2.61. The minimum Gasteiger partial charge on any atom is -0.477 e. The summed E-state index contributed by atoms with van der Waals surface area (Å²) in [5, 5.41) is 15.4. The van der Waals surface area contributed by atoms with Gasteiger partial charge in [0.05, 0.1) is 0 Å². The lowest BCUT2D eigenvalue weighted by molar-refractivity contribution is 0.0685. The van der Waals surface area contributed by atoms with Gasteiger partial charge >= 0.3 is 5.97 Å². The molecule has 0 spiro atoms. The fourth-order valence-electron chi connectivity index (χ4n) is 1.70. The van der Waals surface area contributed by atoms with Gasteiger partial charge in [0.25, 0.3) is 5.91 Å². The minimum atomic E-state index is -1.12. The Morgan fingerprint density at radius 1 is 1.32 bits per heavy atom. The fraction of sp³-hybridized carbons (Fsp3) is 0.154. The zero-order valence-corrected chi connectivity index (χ0v) is 10.5. The van der Waals surface area contributed by atoms with Gasteiger partial charge in [0.1, 0.15) is 5.69 Å². The molecular formula is C13H13N3O3. The van der Waals surface area contributed by atoms with Gasteiger partial charge < -0.3 is 10.4 Å². The highest BCUT2D eigenvalue weighted by Crippen LogP contribution is 2.11. The normalized spacial score (nSPS) is 10.2. The number of aromatic nitrogens is 2. The molecule has 98 valence electrons. The molecule has 0 aliphatic carbocycles. The lowest BCUT2D eigenvalue weighted by Gasteiger charge is -2.03. The molecule has 1 heterocycles. The Bertz CT molecular complexity index is 646. The number of aryl methyl sites for hydroxylation is 2. The van der Waals surface area contributed by atoms with E-state index in [9.17, 15) is 9.59 Å². The van der Waals surface area contributed by atoms with E-state index >= 15 is 0 Å². The SMILES string of the molecule is Cc1cccc(NC(=O)c2cc(C(=O)O)n(C)n2)c1. The van der Waals surface area contributed by atoms with E-state index in [-0.39, 0.29) is 11.4 Å². The first kappa shape index (κ1) is 12.8. The average molecular weight is 259 g/mol. The van der Waals surface area contributed by atoms with Crippen LogP contribution in [0.4, 0.5) is 5.69 Å². The van der Waals surface area contributed by atoms with Crippen LogP contribution in [-0.4, -0.2) is 26.8 Å². The quantitative estimate of drug-likeness (QED) is 0.878. The summed E-state index contributed by atoms with van der Waals surface area (Å²) in [6.45, 7) is 1.92. The Hall–Kier alpha value is -2.63. The van der Waals surface area contributed by atoms with Crippen LogP contribution in [0.3, 0.4) is 0 Å². The van der Waals surface area contributed by atoms with Crippen LogP contribution in [0.5, 0.6) is 0 Å². The Kier molecular flexibility index (Phi) is 3.33. The molecule has 1 amide bonds. The zero-order valence-electron chi connectivity index (χ0n) is 10.5. The van der Waals surface area contributed by atoms with Crippen molar-refractivity contribution in [3.05, 3.63) is 47.3 Å². The number of carboxylic acids is 1. The number of anilines is 1.